The molecule has 0 aliphatic heterocycles. The summed E-state index contributed by atoms with van der Waals surface area (Å²) >= 11 is 0. The van der Waals surface area contributed by atoms with Gasteiger partial charge in [0.1, 0.15) is 0 Å². The molecule has 1 heterocycles. The minimum absolute atomic E-state index is 0. The molecule has 2 aliphatic carbocycles. The first-order valence-corrected chi connectivity index (χ1v) is 17.2. The second-order valence-electron chi connectivity index (χ2n) is 13.2. The van der Waals surface area contributed by atoms with Crippen LogP contribution >= 0.6 is 0 Å². The molecule has 0 bridgehead atoms. The van der Waals surface area contributed by atoms with Gasteiger partial charge in [0.2, 0.25) is 0 Å². The Labute approximate surface area is 312 Å². The average molecular weight is 842 g/mol. The van der Waals surface area contributed by atoms with E-state index in [0.29, 0.717) is 6.42 Å². The van der Waals surface area contributed by atoms with Gasteiger partial charge in [-0.15, -0.1) is 35.9 Å². The van der Waals surface area contributed by atoms with Crippen LogP contribution in [0.4, 0.5) is 0 Å². The van der Waals surface area contributed by atoms with E-state index in [2.05, 4.69) is 115 Å². The van der Waals surface area contributed by atoms with Crippen molar-refractivity contribution in [2.75, 3.05) is 0 Å². The third kappa shape index (κ3) is 5.97. The number of aliphatic hydroxyl groups excluding tert-OH is 2. The van der Waals surface area contributed by atoms with Crippen molar-refractivity contribution in [3.05, 3.63) is 180 Å². The molecular weight excluding hydrogens is 805 g/mol. The van der Waals surface area contributed by atoms with E-state index in [1.54, 1.807) is 13.8 Å². The SMILES string of the molecule is CC(O)CC(C)O.[Ir].[c-]1ccccc1-c1ncc(-c2ccccc2)nc1-c1ccc2c(c1)C1(c3ccccc3-c3ccccc31)c1ccccc1-2. The van der Waals surface area contributed by atoms with Crippen LogP contribution in [0.15, 0.2) is 152 Å². The van der Waals surface area contributed by atoms with E-state index in [4.69, 9.17) is 20.2 Å². The number of aliphatic hydroxyl groups is 2. The second-order valence-corrected chi connectivity index (χ2v) is 13.2. The zero-order valence-electron chi connectivity index (χ0n) is 28.4. The molecule has 0 saturated carbocycles. The van der Waals surface area contributed by atoms with Gasteiger partial charge in [-0.25, -0.2) is 0 Å². The van der Waals surface area contributed by atoms with Crippen molar-refractivity contribution in [3.8, 4) is 56.0 Å². The molecule has 4 nitrogen and oxygen atoms in total. The van der Waals surface area contributed by atoms with Gasteiger partial charge >= 0.3 is 0 Å². The van der Waals surface area contributed by atoms with Crippen LogP contribution in [0, 0.1) is 6.07 Å². The predicted octanol–water partition coefficient (Wildman–Crippen LogP) is 9.76. The Morgan fingerprint density at radius 2 is 1.10 bits per heavy atom. The summed E-state index contributed by atoms with van der Waals surface area (Å²) in [7, 11) is 0. The number of nitrogens with zero attached hydrogens (tertiary/aromatic N) is 2. The first-order chi connectivity index (χ1) is 24.5. The number of rotatable bonds is 5. The first-order valence-electron chi connectivity index (χ1n) is 17.2. The molecule has 6 aromatic carbocycles. The van der Waals surface area contributed by atoms with E-state index in [0.717, 1.165) is 33.8 Å². The fourth-order valence-corrected chi connectivity index (χ4v) is 7.81. The molecule has 51 heavy (non-hydrogen) atoms. The summed E-state index contributed by atoms with van der Waals surface area (Å²) in [5.41, 5.74) is 15.6. The van der Waals surface area contributed by atoms with Crippen LogP contribution < -0.4 is 0 Å². The molecule has 2 unspecified atom stereocenters. The summed E-state index contributed by atoms with van der Waals surface area (Å²) < 4.78 is 0. The maximum absolute atomic E-state index is 8.56. The minimum Gasteiger partial charge on any atom is -0.393 e. The monoisotopic (exact) mass is 842 g/mol. The fraction of sp³-hybridized carbons (Fsp3) is 0.130. The van der Waals surface area contributed by atoms with Gasteiger partial charge in [0.05, 0.1) is 29.0 Å². The summed E-state index contributed by atoms with van der Waals surface area (Å²) in [6, 6.07) is 55.3. The fourth-order valence-electron chi connectivity index (χ4n) is 7.81. The van der Waals surface area contributed by atoms with Crippen LogP contribution in [-0.2, 0) is 25.5 Å². The summed E-state index contributed by atoms with van der Waals surface area (Å²) in [6.45, 7) is 3.32. The van der Waals surface area contributed by atoms with Crippen molar-refractivity contribution in [2.24, 2.45) is 0 Å². The van der Waals surface area contributed by atoms with E-state index in [1.165, 1.54) is 44.5 Å². The quantitative estimate of drug-likeness (QED) is 0.170. The molecule has 2 atom stereocenters. The Balaban J connectivity index is 0.000000464. The Bertz CT molecular complexity index is 2250. The van der Waals surface area contributed by atoms with Crippen molar-refractivity contribution >= 4 is 0 Å². The summed E-state index contributed by atoms with van der Waals surface area (Å²) in [4.78, 5) is 10.3. The van der Waals surface area contributed by atoms with Crippen LogP contribution in [0.2, 0.25) is 0 Å². The van der Waals surface area contributed by atoms with Gasteiger partial charge < -0.3 is 15.2 Å². The Kier molecular flexibility index (Phi) is 9.65. The first kappa shape index (κ1) is 34.4. The molecule has 2 N–H and O–H groups in total. The summed E-state index contributed by atoms with van der Waals surface area (Å²) in [5, 5.41) is 17.1. The summed E-state index contributed by atoms with van der Waals surface area (Å²) in [6.07, 6.45) is 1.60. The Hall–Kier alpha value is -5.03. The molecule has 253 valence electrons. The standard InChI is InChI=1S/C41H25N2.C5H12O2.Ir/c1-3-13-27(14-4-1)38-26-42-39(28-15-5-2-6-16-28)40(43-38)29-23-24-33-32-19-9-12-22-36(32)41(37(33)25-29)34-20-10-7-17-30(34)31-18-8-11-21-35(31)41;1-4(6)3-5(2)7;/h1-15,17-26H;4-7H,3H2,1-2H3;/q-1;;. The van der Waals surface area contributed by atoms with Crippen LogP contribution in [0.5, 0.6) is 0 Å². The number of hydrogen-bond donors (Lipinski definition) is 2. The molecule has 5 heteroatoms. The van der Waals surface area contributed by atoms with Crippen LogP contribution in [0.25, 0.3) is 56.0 Å². The van der Waals surface area contributed by atoms with E-state index in [-0.39, 0.29) is 32.3 Å². The Morgan fingerprint density at radius 1 is 0.569 bits per heavy atom. The van der Waals surface area contributed by atoms with Crippen molar-refractivity contribution in [1.82, 2.24) is 9.97 Å². The second kappa shape index (κ2) is 14.3. The number of benzene rings is 6. The number of aromatic nitrogens is 2. The number of fused-ring (bicyclic) bond motifs is 10. The van der Waals surface area contributed by atoms with E-state index in [1.807, 2.05) is 42.6 Å². The van der Waals surface area contributed by atoms with Crippen LogP contribution in [-0.4, -0.2) is 32.4 Å². The van der Waals surface area contributed by atoms with Gasteiger partial charge in [0, 0.05) is 37.6 Å². The van der Waals surface area contributed by atoms with Crippen molar-refractivity contribution < 1.29 is 30.3 Å². The normalized spacial score (nSPS) is 13.8. The average Bonchev–Trinajstić information content (AvgIpc) is 3.62. The van der Waals surface area contributed by atoms with E-state index >= 15 is 0 Å². The van der Waals surface area contributed by atoms with Gasteiger partial charge in [0.25, 0.3) is 0 Å². The molecule has 2 aliphatic rings. The van der Waals surface area contributed by atoms with Gasteiger partial charge in [-0.3, -0.25) is 4.98 Å². The van der Waals surface area contributed by atoms with Crippen molar-refractivity contribution in [3.63, 3.8) is 0 Å². The van der Waals surface area contributed by atoms with Gasteiger partial charge in [-0.1, -0.05) is 115 Å². The maximum Gasteiger partial charge on any atom is 0.0873 e. The van der Waals surface area contributed by atoms with Gasteiger partial charge in [-0.05, 0) is 76.4 Å². The molecular formula is C46H37IrN2O2-. The van der Waals surface area contributed by atoms with E-state index in [9.17, 15) is 0 Å². The third-order valence-electron chi connectivity index (χ3n) is 9.76. The zero-order valence-corrected chi connectivity index (χ0v) is 30.8. The number of hydrogen-bond acceptors (Lipinski definition) is 4. The summed E-state index contributed by atoms with van der Waals surface area (Å²) in [5.74, 6) is 0. The largest absolute Gasteiger partial charge is 0.393 e. The zero-order chi connectivity index (χ0) is 34.2. The molecule has 9 rings (SSSR count). The van der Waals surface area contributed by atoms with Gasteiger partial charge in [0.15, 0.2) is 0 Å². The van der Waals surface area contributed by atoms with Crippen molar-refractivity contribution in [2.45, 2.75) is 37.9 Å². The minimum atomic E-state index is -0.404. The van der Waals surface area contributed by atoms with Crippen LogP contribution in [0.1, 0.15) is 42.5 Å². The molecule has 0 fully saturated rings. The molecule has 7 aromatic rings. The molecule has 1 spiro atoms. The third-order valence-corrected chi connectivity index (χ3v) is 9.76. The molecule has 0 amide bonds. The Morgan fingerprint density at radius 3 is 1.63 bits per heavy atom. The predicted molar refractivity (Wildman–Crippen MR) is 201 cm³/mol. The smallest absolute Gasteiger partial charge is 0.0873 e. The van der Waals surface area contributed by atoms with E-state index < -0.39 is 5.41 Å². The topological polar surface area (TPSA) is 66.2 Å². The van der Waals surface area contributed by atoms with Gasteiger partial charge in [-0.2, -0.15) is 0 Å². The van der Waals surface area contributed by atoms with Crippen LogP contribution in [0.3, 0.4) is 0 Å². The van der Waals surface area contributed by atoms with Crippen molar-refractivity contribution in [1.29, 1.82) is 0 Å². The molecule has 0 saturated heterocycles. The molecule has 1 radical (unpaired) electrons. The maximum atomic E-state index is 8.56. The molecule has 1 aromatic heterocycles.